The van der Waals surface area contributed by atoms with E-state index in [9.17, 15) is 8.42 Å². The summed E-state index contributed by atoms with van der Waals surface area (Å²) in [6.45, 7) is 0.0614. The van der Waals surface area contributed by atoms with Gasteiger partial charge in [0, 0.05) is 0 Å². The third-order valence-corrected chi connectivity index (χ3v) is 5.72. The standard InChI is InChI=1S/C11H6Cl2N2O3S2.CH5N/c12-9-7(19-14-10(9)13)5-18-11-6-3-1-2-4-8(6)20(16,17)15-11;1-2/h1-4H,5H2;2H2,1H3. The molecule has 10 heteroatoms. The van der Waals surface area contributed by atoms with Crippen molar-refractivity contribution in [3.63, 3.8) is 0 Å². The molecule has 0 spiro atoms. The molecule has 0 radical (unpaired) electrons. The highest BCUT2D eigenvalue weighted by atomic mass is 35.5. The van der Waals surface area contributed by atoms with Crippen LogP contribution in [0.25, 0.3) is 0 Å². The zero-order chi connectivity index (χ0) is 16.3. The predicted octanol–water partition coefficient (Wildman–Crippen LogP) is 2.69. The highest BCUT2D eigenvalue weighted by molar-refractivity contribution is 7.90. The summed E-state index contributed by atoms with van der Waals surface area (Å²) in [5.74, 6) is 0.0567. The number of hydrogen-bond acceptors (Lipinski definition) is 6. The van der Waals surface area contributed by atoms with Crippen molar-refractivity contribution in [2.75, 3.05) is 7.05 Å². The average Bonchev–Trinajstić information content (AvgIpc) is 2.98. The van der Waals surface area contributed by atoms with Crippen LogP contribution < -0.4 is 5.73 Å². The monoisotopic (exact) mass is 379 g/mol. The van der Waals surface area contributed by atoms with Gasteiger partial charge in [-0.05, 0) is 30.7 Å². The van der Waals surface area contributed by atoms with Crippen LogP contribution in [0.15, 0.2) is 33.6 Å². The van der Waals surface area contributed by atoms with Gasteiger partial charge < -0.3 is 10.5 Å². The maximum absolute atomic E-state index is 11.8. The second kappa shape index (κ2) is 6.93. The topological polar surface area (TPSA) is 94.6 Å². The maximum atomic E-state index is 11.8. The summed E-state index contributed by atoms with van der Waals surface area (Å²) < 4.78 is 36.6. The molecule has 118 valence electrons. The predicted molar refractivity (Wildman–Crippen MR) is 87.2 cm³/mol. The number of hydrogen-bond donors (Lipinski definition) is 1. The molecule has 0 atom stereocenters. The second-order valence-electron chi connectivity index (χ2n) is 3.87. The van der Waals surface area contributed by atoms with Crippen molar-refractivity contribution < 1.29 is 13.2 Å². The Morgan fingerprint density at radius 3 is 2.59 bits per heavy atom. The molecule has 2 aromatic rings. The molecule has 0 fully saturated rings. The second-order valence-corrected chi connectivity index (χ2v) is 7.03. The van der Waals surface area contributed by atoms with Crippen molar-refractivity contribution in [2.45, 2.75) is 11.5 Å². The lowest BCUT2D eigenvalue weighted by atomic mass is 10.2. The molecule has 1 aliphatic rings. The normalized spacial score (nSPS) is 14.6. The Kier molecular flexibility index (Phi) is 5.41. The van der Waals surface area contributed by atoms with Crippen molar-refractivity contribution >= 4 is 50.7 Å². The van der Waals surface area contributed by atoms with Crippen LogP contribution in [-0.4, -0.2) is 25.7 Å². The minimum atomic E-state index is -3.67. The molecule has 22 heavy (non-hydrogen) atoms. The number of rotatable bonds is 2. The number of halogens is 2. The fourth-order valence-electron chi connectivity index (χ4n) is 1.69. The number of fused-ring (bicyclic) bond motifs is 1. The zero-order valence-corrected chi connectivity index (χ0v) is 14.4. The lowest BCUT2D eigenvalue weighted by molar-refractivity contribution is 0.298. The Morgan fingerprint density at radius 2 is 1.95 bits per heavy atom. The van der Waals surface area contributed by atoms with Crippen molar-refractivity contribution in [3.05, 3.63) is 44.9 Å². The van der Waals surface area contributed by atoms with Crippen molar-refractivity contribution in [1.29, 1.82) is 0 Å². The molecule has 0 aliphatic carbocycles. The fourth-order valence-corrected chi connectivity index (χ4v) is 3.94. The number of sulfonamides is 1. The molecule has 1 aliphatic heterocycles. The largest absolute Gasteiger partial charge is 0.471 e. The number of benzene rings is 1. The molecule has 0 saturated heterocycles. The number of ether oxygens (including phenoxy) is 1. The SMILES string of the molecule is CN.O=S1(=O)N=C(OCc2snc(Cl)c2Cl)c2ccccc21. The molecule has 0 bridgehead atoms. The molecule has 1 aromatic carbocycles. The molecule has 1 aromatic heterocycles. The summed E-state index contributed by atoms with van der Waals surface area (Å²) in [4.78, 5) is 0.754. The van der Waals surface area contributed by atoms with Gasteiger partial charge in [-0.2, -0.15) is 12.8 Å². The molecule has 2 N–H and O–H groups in total. The molecular weight excluding hydrogens is 369 g/mol. The van der Waals surface area contributed by atoms with Gasteiger partial charge in [-0.1, -0.05) is 35.3 Å². The van der Waals surface area contributed by atoms with Crippen molar-refractivity contribution in [3.8, 4) is 0 Å². The van der Waals surface area contributed by atoms with E-state index in [2.05, 4.69) is 14.5 Å². The van der Waals surface area contributed by atoms with Crippen LogP contribution in [0.1, 0.15) is 10.4 Å². The van der Waals surface area contributed by atoms with Crippen LogP contribution in [-0.2, 0) is 21.4 Å². The molecule has 0 unspecified atom stereocenters. The van der Waals surface area contributed by atoms with E-state index in [1.54, 1.807) is 18.2 Å². The lowest BCUT2D eigenvalue weighted by Gasteiger charge is -2.04. The lowest BCUT2D eigenvalue weighted by Crippen LogP contribution is -2.03. The molecule has 6 nitrogen and oxygen atoms in total. The number of nitrogens with zero attached hydrogens (tertiary/aromatic N) is 2. The van der Waals surface area contributed by atoms with E-state index >= 15 is 0 Å². The summed E-state index contributed by atoms with van der Waals surface area (Å²) in [7, 11) is -2.17. The number of aromatic nitrogens is 1. The molecule has 0 saturated carbocycles. The Morgan fingerprint density at radius 1 is 1.27 bits per heavy atom. The van der Waals surface area contributed by atoms with Gasteiger partial charge in [0.15, 0.2) is 5.15 Å². The Hall–Kier alpha value is -1.19. The first-order chi connectivity index (χ1) is 10.5. The summed E-state index contributed by atoms with van der Waals surface area (Å²) in [6, 6.07) is 6.48. The number of nitrogens with two attached hydrogens (primary N) is 1. The van der Waals surface area contributed by atoms with Gasteiger partial charge in [-0.15, -0.1) is 4.40 Å². The van der Waals surface area contributed by atoms with Gasteiger partial charge in [0.1, 0.15) is 11.5 Å². The third kappa shape index (κ3) is 3.26. The minimum Gasteiger partial charge on any atom is -0.471 e. The molecular formula is C12H11Cl2N3O3S2. The highest BCUT2D eigenvalue weighted by Gasteiger charge is 2.29. The quantitative estimate of drug-likeness (QED) is 0.865. The van der Waals surface area contributed by atoms with E-state index < -0.39 is 10.0 Å². The first kappa shape index (κ1) is 17.2. The van der Waals surface area contributed by atoms with Gasteiger partial charge in [0.25, 0.3) is 10.0 Å². The van der Waals surface area contributed by atoms with Crippen LogP contribution in [0, 0.1) is 0 Å². The van der Waals surface area contributed by atoms with Gasteiger partial charge in [-0.3, -0.25) is 0 Å². The van der Waals surface area contributed by atoms with Gasteiger partial charge >= 0.3 is 0 Å². The first-order valence-electron chi connectivity index (χ1n) is 5.93. The van der Waals surface area contributed by atoms with Crippen molar-refractivity contribution in [2.24, 2.45) is 10.1 Å². The summed E-state index contributed by atoms with van der Waals surface area (Å²) in [5.41, 5.74) is 4.94. The van der Waals surface area contributed by atoms with Crippen LogP contribution in [0.5, 0.6) is 0 Å². The van der Waals surface area contributed by atoms with E-state index in [-0.39, 0.29) is 22.6 Å². The van der Waals surface area contributed by atoms with Gasteiger partial charge in [0.2, 0.25) is 5.90 Å². The van der Waals surface area contributed by atoms with Crippen molar-refractivity contribution in [1.82, 2.24) is 4.37 Å². The smallest absolute Gasteiger partial charge is 0.286 e. The van der Waals surface area contributed by atoms with Crippen LogP contribution in [0.3, 0.4) is 0 Å². The summed E-state index contributed by atoms with van der Waals surface area (Å²) in [5, 5.41) is 0.517. The van der Waals surface area contributed by atoms with E-state index in [1.165, 1.54) is 13.1 Å². The third-order valence-electron chi connectivity index (χ3n) is 2.60. The van der Waals surface area contributed by atoms with Gasteiger partial charge in [0.05, 0.1) is 15.5 Å². The van der Waals surface area contributed by atoms with E-state index in [4.69, 9.17) is 27.9 Å². The maximum Gasteiger partial charge on any atom is 0.286 e. The van der Waals surface area contributed by atoms with E-state index in [1.807, 2.05) is 0 Å². The van der Waals surface area contributed by atoms with E-state index in [0.29, 0.717) is 15.5 Å². The Balaban J connectivity index is 0.000000847. The summed E-state index contributed by atoms with van der Waals surface area (Å²) >= 11 is 12.8. The molecule has 3 rings (SSSR count). The molecule has 0 amide bonds. The minimum absolute atomic E-state index is 0.0567. The Labute approximate surface area is 141 Å². The van der Waals surface area contributed by atoms with Crippen LogP contribution >= 0.6 is 34.7 Å². The zero-order valence-electron chi connectivity index (χ0n) is 11.3. The summed E-state index contributed by atoms with van der Waals surface area (Å²) in [6.07, 6.45) is 0. The average molecular weight is 380 g/mol. The van der Waals surface area contributed by atoms with Crippen LogP contribution in [0.4, 0.5) is 0 Å². The van der Waals surface area contributed by atoms with Gasteiger partial charge in [-0.25, -0.2) is 0 Å². The van der Waals surface area contributed by atoms with Crippen LogP contribution in [0.2, 0.25) is 10.2 Å². The highest BCUT2D eigenvalue weighted by Crippen LogP contribution is 2.31. The Bertz CT molecular complexity index is 819. The van der Waals surface area contributed by atoms with E-state index in [0.717, 1.165) is 11.5 Å². The first-order valence-corrected chi connectivity index (χ1v) is 8.90. The fraction of sp³-hybridized carbons (Fsp3) is 0.167. The molecule has 2 heterocycles.